The Kier molecular flexibility index (Phi) is 7.76. The maximum Gasteiger partial charge on any atom is 0.272 e. The molecule has 0 aliphatic carbocycles. The summed E-state index contributed by atoms with van der Waals surface area (Å²) in [5.74, 6) is 0.203. The highest BCUT2D eigenvalue weighted by Crippen LogP contribution is 2.35. The Morgan fingerprint density at radius 2 is 1.61 bits per heavy atom. The third kappa shape index (κ3) is 5.85. The van der Waals surface area contributed by atoms with E-state index in [0.717, 1.165) is 32.8 Å². The molecule has 41 heavy (non-hydrogen) atoms. The van der Waals surface area contributed by atoms with E-state index < -0.39 is 0 Å². The molecule has 1 amide bonds. The second-order valence-corrected chi connectivity index (χ2v) is 10.6. The highest BCUT2D eigenvalue weighted by Gasteiger charge is 2.14. The zero-order chi connectivity index (χ0) is 28.2. The minimum atomic E-state index is -0.336. The number of nitrogens with zero attached hydrogens (tertiary/aromatic N) is 2. The van der Waals surface area contributed by atoms with Crippen LogP contribution in [0, 0.1) is 0 Å². The minimum absolute atomic E-state index is 0.336. The number of hydrogen-bond donors (Lipinski definition) is 1. The Morgan fingerprint density at radius 3 is 2.44 bits per heavy atom. The lowest BCUT2D eigenvalue weighted by Crippen LogP contribution is -2.18. The monoisotopic (exact) mass is 619 g/mol. The SMILES string of the molecule is O=C(N/N=C/c1cc(Cl)c(OCc2cccc3ccccc23)c(Br)c1)c1cc(-c2ccccc2)nc2ccccc12. The van der Waals surface area contributed by atoms with Crippen molar-refractivity contribution >= 4 is 61.3 Å². The zero-order valence-electron chi connectivity index (χ0n) is 21.7. The molecule has 5 nitrogen and oxygen atoms in total. The summed E-state index contributed by atoms with van der Waals surface area (Å²) in [6.07, 6.45) is 1.55. The number of ether oxygens (including phenoxy) is 1. The van der Waals surface area contributed by atoms with Gasteiger partial charge in [-0.25, -0.2) is 10.4 Å². The van der Waals surface area contributed by atoms with E-state index in [0.29, 0.717) is 38.7 Å². The maximum absolute atomic E-state index is 13.2. The molecule has 0 radical (unpaired) electrons. The van der Waals surface area contributed by atoms with Gasteiger partial charge in [-0.1, -0.05) is 103 Å². The molecule has 0 saturated heterocycles. The average molecular weight is 621 g/mol. The number of para-hydroxylation sites is 1. The number of pyridine rings is 1. The normalized spacial score (nSPS) is 11.3. The van der Waals surface area contributed by atoms with Crippen molar-refractivity contribution in [1.82, 2.24) is 10.4 Å². The second-order valence-electron chi connectivity index (χ2n) is 9.38. The van der Waals surface area contributed by atoms with E-state index >= 15 is 0 Å². The summed E-state index contributed by atoms with van der Waals surface area (Å²) in [5.41, 5.74) is 7.28. The molecule has 7 heteroatoms. The number of amides is 1. The second kappa shape index (κ2) is 11.9. The van der Waals surface area contributed by atoms with Gasteiger partial charge in [-0.05, 0) is 62.1 Å². The zero-order valence-corrected chi connectivity index (χ0v) is 24.1. The smallest absolute Gasteiger partial charge is 0.272 e. The Labute approximate surface area is 250 Å². The molecule has 1 aromatic heterocycles. The van der Waals surface area contributed by atoms with Crippen molar-refractivity contribution < 1.29 is 9.53 Å². The van der Waals surface area contributed by atoms with Gasteiger partial charge >= 0.3 is 0 Å². The van der Waals surface area contributed by atoms with E-state index in [1.807, 2.05) is 84.9 Å². The van der Waals surface area contributed by atoms with E-state index in [-0.39, 0.29) is 5.91 Å². The van der Waals surface area contributed by atoms with Crippen molar-refractivity contribution in [3.05, 3.63) is 141 Å². The van der Waals surface area contributed by atoms with Crippen molar-refractivity contribution in [3.63, 3.8) is 0 Å². The number of hydrazone groups is 1. The van der Waals surface area contributed by atoms with E-state index in [1.165, 1.54) is 0 Å². The first-order chi connectivity index (χ1) is 20.1. The van der Waals surface area contributed by atoms with Crippen LogP contribution in [0.3, 0.4) is 0 Å². The lowest BCUT2D eigenvalue weighted by atomic mass is 10.0. The molecule has 0 aliphatic heterocycles. The molecule has 0 unspecified atom stereocenters. The van der Waals surface area contributed by atoms with Crippen molar-refractivity contribution in [3.8, 4) is 17.0 Å². The summed E-state index contributed by atoms with van der Waals surface area (Å²) in [6.45, 7) is 0.369. The van der Waals surface area contributed by atoms with Gasteiger partial charge in [0.1, 0.15) is 6.61 Å². The molecule has 0 atom stereocenters. The van der Waals surface area contributed by atoms with Gasteiger partial charge in [-0.3, -0.25) is 4.79 Å². The van der Waals surface area contributed by atoms with Gasteiger partial charge in [0, 0.05) is 10.9 Å². The minimum Gasteiger partial charge on any atom is -0.486 e. The van der Waals surface area contributed by atoms with Crippen LogP contribution in [-0.4, -0.2) is 17.1 Å². The van der Waals surface area contributed by atoms with Crippen LogP contribution < -0.4 is 10.2 Å². The van der Waals surface area contributed by atoms with Gasteiger partial charge in [0.2, 0.25) is 0 Å². The highest BCUT2D eigenvalue weighted by atomic mass is 79.9. The number of fused-ring (bicyclic) bond motifs is 2. The molecule has 1 heterocycles. The lowest BCUT2D eigenvalue weighted by molar-refractivity contribution is 0.0956. The summed E-state index contributed by atoms with van der Waals surface area (Å²) in [5, 5.41) is 7.68. The van der Waals surface area contributed by atoms with Crippen LogP contribution >= 0.6 is 27.5 Å². The first kappa shape index (κ1) is 26.7. The number of hydrogen-bond acceptors (Lipinski definition) is 4. The van der Waals surface area contributed by atoms with Crippen LogP contribution in [0.4, 0.5) is 0 Å². The molecule has 0 aliphatic rings. The summed E-state index contributed by atoms with van der Waals surface area (Å²) >= 11 is 10.2. The number of aromatic nitrogens is 1. The largest absolute Gasteiger partial charge is 0.486 e. The first-order valence-corrected chi connectivity index (χ1v) is 14.1. The standard InChI is InChI=1S/C34H23BrClN3O2/c35-29-17-22(18-30(36)33(29)41-21-25-13-8-12-23-9-4-5-14-26(23)25)20-37-39-34(40)28-19-32(24-10-2-1-3-11-24)38-31-16-7-6-15-27(28)31/h1-20H,21H2,(H,39,40)/b37-20+. The van der Waals surface area contributed by atoms with Crippen LogP contribution in [0.15, 0.2) is 125 Å². The third-order valence-corrected chi connectivity index (χ3v) is 7.55. The van der Waals surface area contributed by atoms with E-state index in [1.54, 1.807) is 18.3 Å². The molecule has 200 valence electrons. The number of halogens is 2. The number of carbonyl (C=O) groups excluding carboxylic acids is 1. The van der Waals surface area contributed by atoms with Gasteiger partial charge < -0.3 is 4.74 Å². The molecule has 6 rings (SSSR count). The molecule has 0 bridgehead atoms. The van der Waals surface area contributed by atoms with E-state index in [4.69, 9.17) is 21.3 Å². The van der Waals surface area contributed by atoms with Gasteiger partial charge in [0.25, 0.3) is 5.91 Å². The molecule has 0 fully saturated rings. The molecular weight excluding hydrogens is 598 g/mol. The van der Waals surface area contributed by atoms with Crippen molar-refractivity contribution in [2.24, 2.45) is 5.10 Å². The molecule has 5 aromatic carbocycles. The highest BCUT2D eigenvalue weighted by molar-refractivity contribution is 9.10. The Morgan fingerprint density at radius 1 is 0.878 bits per heavy atom. The topological polar surface area (TPSA) is 63.6 Å². The van der Waals surface area contributed by atoms with Crippen molar-refractivity contribution in [2.45, 2.75) is 6.61 Å². The van der Waals surface area contributed by atoms with Crippen molar-refractivity contribution in [2.75, 3.05) is 0 Å². The first-order valence-electron chi connectivity index (χ1n) is 12.9. The predicted molar refractivity (Wildman–Crippen MR) is 170 cm³/mol. The van der Waals surface area contributed by atoms with Crippen LogP contribution in [0.2, 0.25) is 5.02 Å². The van der Waals surface area contributed by atoms with Gasteiger partial charge in [-0.2, -0.15) is 5.10 Å². The van der Waals surface area contributed by atoms with Gasteiger partial charge in [0.15, 0.2) is 5.75 Å². The van der Waals surface area contributed by atoms with Crippen LogP contribution in [0.25, 0.3) is 32.9 Å². The third-order valence-electron chi connectivity index (χ3n) is 6.68. The Balaban J connectivity index is 1.19. The van der Waals surface area contributed by atoms with Crippen LogP contribution in [0.5, 0.6) is 5.75 Å². The Bertz CT molecular complexity index is 1900. The molecule has 0 saturated carbocycles. The maximum atomic E-state index is 13.2. The number of rotatable bonds is 7. The number of nitrogens with one attached hydrogen (secondary N) is 1. The Hall–Kier alpha value is -4.52. The molecule has 0 spiro atoms. The van der Waals surface area contributed by atoms with Gasteiger partial charge in [0.05, 0.1) is 32.5 Å². The molecular formula is C34H23BrClN3O2. The molecule has 1 N–H and O–H groups in total. The van der Waals surface area contributed by atoms with Crippen molar-refractivity contribution in [1.29, 1.82) is 0 Å². The average Bonchev–Trinajstić information content (AvgIpc) is 3.00. The fourth-order valence-corrected chi connectivity index (χ4v) is 5.69. The van der Waals surface area contributed by atoms with E-state index in [2.05, 4.69) is 44.7 Å². The quantitative estimate of drug-likeness (QED) is 0.143. The summed E-state index contributed by atoms with van der Waals surface area (Å²) in [6, 6.07) is 37.0. The van der Waals surface area contributed by atoms with Gasteiger partial charge in [-0.15, -0.1) is 0 Å². The van der Waals surface area contributed by atoms with E-state index in [9.17, 15) is 4.79 Å². The summed E-state index contributed by atoms with van der Waals surface area (Å²) in [7, 11) is 0. The fraction of sp³-hybridized carbons (Fsp3) is 0.0294. The predicted octanol–water partition coefficient (Wildman–Crippen LogP) is 8.81. The lowest BCUT2D eigenvalue weighted by Gasteiger charge is -2.12. The van der Waals surface area contributed by atoms with Crippen LogP contribution in [0.1, 0.15) is 21.5 Å². The molecule has 6 aromatic rings. The number of benzene rings is 5. The van der Waals surface area contributed by atoms with Crippen LogP contribution in [-0.2, 0) is 6.61 Å². The number of carbonyl (C=O) groups is 1. The summed E-state index contributed by atoms with van der Waals surface area (Å²) in [4.78, 5) is 18.0. The summed E-state index contributed by atoms with van der Waals surface area (Å²) < 4.78 is 6.79. The fourth-order valence-electron chi connectivity index (χ4n) is 4.71.